The van der Waals surface area contributed by atoms with Crippen molar-refractivity contribution in [3.63, 3.8) is 0 Å². The van der Waals surface area contributed by atoms with E-state index in [2.05, 4.69) is 19.2 Å². The first-order chi connectivity index (χ1) is 9.40. The van der Waals surface area contributed by atoms with Crippen molar-refractivity contribution in [1.29, 1.82) is 0 Å². The molecule has 20 heavy (non-hydrogen) atoms. The number of aliphatic carboxylic acids is 1. The third-order valence-corrected chi connectivity index (χ3v) is 4.00. The highest BCUT2D eigenvalue weighted by molar-refractivity contribution is 5.82. The molecule has 0 radical (unpaired) electrons. The molecule has 0 saturated heterocycles. The first kappa shape index (κ1) is 14.6. The van der Waals surface area contributed by atoms with E-state index < -0.39 is 5.97 Å². The van der Waals surface area contributed by atoms with Crippen molar-refractivity contribution in [3.05, 3.63) is 35.9 Å². The van der Waals surface area contributed by atoms with Crippen LogP contribution in [0.2, 0.25) is 0 Å². The molecule has 1 aliphatic carbocycles. The molecule has 1 fully saturated rings. The van der Waals surface area contributed by atoms with Gasteiger partial charge in [-0.25, -0.2) is 0 Å². The summed E-state index contributed by atoms with van der Waals surface area (Å²) in [6.45, 7) is 4.15. The Hall–Kier alpha value is -1.84. The van der Waals surface area contributed by atoms with Gasteiger partial charge in [-0.1, -0.05) is 44.2 Å². The van der Waals surface area contributed by atoms with Crippen LogP contribution in [0.4, 0.5) is 0 Å². The summed E-state index contributed by atoms with van der Waals surface area (Å²) in [6.07, 6.45) is 1.37. The third kappa shape index (κ3) is 3.59. The van der Waals surface area contributed by atoms with E-state index in [9.17, 15) is 9.59 Å². The second kappa shape index (κ2) is 5.65. The number of carboxylic acids is 1. The van der Waals surface area contributed by atoms with E-state index in [4.69, 9.17) is 5.11 Å². The van der Waals surface area contributed by atoms with Gasteiger partial charge in [0, 0.05) is 12.3 Å². The Morgan fingerprint density at radius 3 is 2.45 bits per heavy atom. The van der Waals surface area contributed by atoms with Gasteiger partial charge in [0.05, 0.1) is 6.04 Å². The second-order valence-corrected chi connectivity index (χ2v) is 6.15. The number of amides is 1. The van der Waals surface area contributed by atoms with Crippen molar-refractivity contribution in [1.82, 2.24) is 5.32 Å². The molecule has 1 aromatic rings. The first-order valence-electron chi connectivity index (χ1n) is 6.97. The maximum atomic E-state index is 12.2. The molecule has 0 aromatic heterocycles. The topological polar surface area (TPSA) is 66.4 Å². The molecule has 1 saturated carbocycles. The number of benzene rings is 1. The maximum Gasteiger partial charge on any atom is 0.303 e. The Kier molecular flexibility index (Phi) is 4.12. The highest BCUT2D eigenvalue weighted by Crippen LogP contribution is 2.51. The van der Waals surface area contributed by atoms with Crippen molar-refractivity contribution in [2.45, 2.75) is 39.2 Å². The molecule has 0 heterocycles. The molecule has 0 spiro atoms. The van der Waals surface area contributed by atoms with Crippen LogP contribution in [0.5, 0.6) is 0 Å². The molecule has 2 atom stereocenters. The normalized spacial score (nSPS) is 21.0. The highest BCUT2D eigenvalue weighted by atomic mass is 16.4. The first-order valence-corrected chi connectivity index (χ1v) is 6.97. The van der Waals surface area contributed by atoms with Crippen LogP contribution in [0.3, 0.4) is 0 Å². The van der Waals surface area contributed by atoms with E-state index in [0.717, 1.165) is 12.0 Å². The molecule has 0 aliphatic heterocycles. The van der Waals surface area contributed by atoms with Gasteiger partial charge < -0.3 is 10.4 Å². The largest absolute Gasteiger partial charge is 0.481 e. The smallest absolute Gasteiger partial charge is 0.303 e. The maximum absolute atomic E-state index is 12.2. The number of carbonyl (C=O) groups excluding carboxylic acids is 1. The van der Waals surface area contributed by atoms with Crippen molar-refractivity contribution >= 4 is 11.9 Å². The summed E-state index contributed by atoms with van der Waals surface area (Å²) in [5.74, 6) is -0.750. The summed E-state index contributed by atoms with van der Waals surface area (Å²) < 4.78 is 0. The highest BCUT2D eigenvalue weighted by Gasteiger charge is 2.50. The SMILES string of the molecule is CC1(C)C[C@@H]1C(=O)NC(CCC(=O)O)c1ccccc1. The fourth-order valence-corrected chi connectivity index (χ4v) is 2.46. The molecule has 4 nitrogen and oxygen atoms in total. The molecule has 1 unspecified atom stereocenters. The minimum absolute atomic E-state index is 0.0363. The van der Waals surface area contributed by atoms with Crippen molar-refractivity contribution in [2.75, 3.05) is 0 Å². The molecule has 1 aliphatic rings. The molecule has 108 valence electrons. The molecule has 0 bridgehead atoms. The summed E-state index contributed by atoms with van der Waals surface area (Å²) in [7, 11) is 0. The van der Waals surface area contributed by atoms with E-state index in [0.29, 0.717) is 6.42 Å². The van der Waals surface area contributed by atoms with E-state index >= 15 is 0 Å². The number of carbonyl (C=O) groups is 2. The van der Waals surface area contributed by atoms with Gasteiger partial charge in [0.1, 0.15) is 0 Å². The Morgan fingerprint density at radius 2 is 1.95 bits per heavy atom. The number of nitrogens with one attached hydrogen (secondary N) is 1. The van der Waals surface area contributed by atoms with Gasteiger partial charge in [-0.05, 0) is 23.8 Å². The predicted molar refractivity (Wildman–Crippen MR) is 76.1 cm³/mol. The third-order valence-electron chi connectivity index (χ3n) is 4.00. The summed E-state index contributed by atoms with van der Waals surface area (Å²) in [5, 5.41) is 11.8. The Bertz CT molecular complexity index is 496. The van der Waals surface area contributed by atoms with Gasteiger partial charge in [0.2, 0.25) is 5.91 Å². The molecule has 2 rings (SSSR count). The lowest BCUT2D eigenvalue weighted by Crippen LogP contribution is -2.31. The second-order valence-electron chi connectivity index (χ2n) is 6.15. The van der Waals surface area contributed by atoms with Crippen LogP contribution in [-0.2, 0) is 9.59 Å². The number of carboxylic acid groups (broad SMARTS) is 1. The Labute approximate surface area is 119 Å². The lowest BCUT2D eigenvalue weighted by atomic mass is 10.0. The van der Waals surface area contributed by atoms with Gasteiger partial charge in [-0.3, -0.25) is 9.59 Å². The molecular formula is C16H21NO3. The van der Waals surface area contributed by atoms with Gasteiger partial charge in [-0.2, -0.15) is 0 Å². The van der Waals surface area contributed by atoms with E-state index in [1.165, 1.54) is 0 Å². The van der Waals surface area contributed by atoms with Crippen molar-refractivity contribution in [3.8, 4) is 0 Å². The van der Waals surface area contributed by atoms with E-state index in [1.807, 2.05) is 30.3 Å². The summed E-state index contributed by atoms with van der Waals surface area (Å²) >= 11 is 0. The van der Waals surface area contributed by atoms with Crippen LogP contribution in [0.15, 0.2) is 30.3 Å². The number of hydrogen-bond donors (Lipinski definition) is 2. The summed E-state index contributed by atoms with van der Waals surface area (Å²) in [5.41, 5.74) is 1.04. The van der Waals surface area contributed by atoms with Gasteiger partial charge in [0.25, 0.3) is 0 Å². The quantitative estimate of drug-likeness (QED) is 0.839. The predicted octanol–water partition coefficient (Wildman–Crippen LogP) is 2.75. The van der Waals surface area contributed by atoms with E-state index in [1.54, 1.807) is 0 Å². The summed E-state index contributed by atoms with van der Waals surface area (Å²) in [4.78, 5) is 22.9. The fourth-order valence-electron chi connectivity index (χ4n) is 2.46. The average Bonchev–Trinajstić information content (AvgIpc) is 3.04. The van der Waals surface area contributed by atoms with Gasteiger partial charge in [0.15, 0.2) is 0 Å². The van der Waals surface area contributed by atoms with Crippen LogP contribution in [-0.4, -0.2) is 17.0 Å². The molecule has 2 N–H and O–H groups in total. The monoisotopic (exact) mass is 275 g/mol. The van der Waals surface area contributed by atoms with Crippen LogP contribution in [0.25, 0.3) is 0 Å². The summed E-state index contributed by atoms with van der Waals surface area (Å²) in [6, 6.07) is 9.32. The zero-order chi connectivity index (χ0) is 14.8. The zero-order valence-corrected chi connectivity index (χ0v) is 11.9. The fraction of sp³-hybridized carbons (Fsp3) is 0.500. The van der Waals surface area contributed by atoms with Crippen LogP contribution < -0.4 is 5.32 Å². The van der Waals surface area contributed by atoms with Crippen LogP contribution in [0.1, 0.15) is 44.7 Å². The molecule has 1 amide bonds. The molecular weight excluding hydrogens is 254 g/mol. The van der Waals surface area contributed by atoms with Gasteiger partial charge >= 0.3 is 5.97 Å². The number of rotatable bonds is 6. The van der Waals surface area contributed by atoms with Crippen LogP contribution in [0, 0.1) is 11.3 Å². The zero-order valence-electron chi connectivity index (χ0n) is 11.9. The Morgan fingerprint density at radius 1 is 1.35 bits per heavy atom. The average molecular weight is 275 g/mol. The van der Waals surface area contributed by atoms with Crippen molar-refractivity contribution in [2.24, 2.45) is 11.3 Å². The minimum Gasteiger partial charge on any atom is -0.481 e. The number of hydrogen-bond acceptors (Lipinski definition) is 2. The van der Waals surface area contributed by atoms with Crippen LogP contribution >= 0.6 is 0 Å². The van der Waals surface area contributed by atoms with Gasteiger partial charge in [-0.15, -0.1) is 0 Å². The lowest BCUT2D eigenvalue weighted by molar-refractivity contribution is -0.137. The molecule has 1 aromatic carbocycles. The Balaban J connectivity index is 2.03. The lowest BCUT2D eigenvalue weighted by Gasteiger charge is -2.19. The minimum atomic E-state index is -0.841. The van der Waals surface area contributed by atoms with E-state index in [-0.39, 0.29) is 29.7 Å². The standard InChI is InChI=1S/C16H21NO3/c1-16(2)10-12(16)15(20)17-13(8-9-14(18)19)11-6-4-3-5-7-11/h3-7,12-13H,8-10H2,1-2H3,(H,17,20)(H,18,19)/t12-,13?/m1/s1. The van der Waals surface area contributed by atoms with Crippen molar-refractivity contribution < 1.29 is 14.7 Å². The molecule has 4 heteroatoms.